The Bertz CT molecular complexity index is 272. The molecule has 0 aliphatic carbocycles. The highest BCUT2D eigenvalue weighted by Gasteiger charge is 2.15. The molecule has 1 N–H and O–H groups in total. The Kier molecular flexibility index (Phi) is 5.95. The third kappa shape index (κ3) is 5.34. The first-order valence-electron chi connectivity index (χ1n) is 4.83. The van der Waals surface area contributed by atoms with Crippen LogP contribution in [0.3, 0.4) is 0 Å². The second kappa shape index (κ2) is 6.14. The van der Waals surface area contributed by atoms with Gasteiger partial charge < -0.3 is 5.32 Å². The molecule has 0 bridgehead atoms. The molecule has 0 aromatic carbocycles. The molecule has 0 heterocycles. The van der Waals surface area contributed by atoms with E-state index in [1.807, 2.05) is 6.92 Å². The molecule has 0 rings (SSSR count). The molecule has 0 aliphatic rings. The maximum absolute atomic E-state index is 11.3. The number of sulfone groups is 1. The molecule has 0 aliphatic heterocycles. The molecule has 4 nitrogen and oxygen atoms in total. The van der Waals surface area contributed by atoms with Crippen LogP contribution in [0, 0.1) is 0 Å². The average Bonchev–Trinajstić information content (AvgIpc) is 2.13. The summed E-state index contributed by atoms with van der Waals surface area (Å²) < 4.78 is 22.5. The molecule has 0 amide bonds. The number of carbonyl (C=O) groups is 1. The lowest BCUT2D eigenvalue weighted by Crippen LogP contribution is -2.32. The zero-order chi connectivity index (χ0) is 11.2. The lowest BCUT2D eigenvalue weighted by molar-refractivity contribution is -0.120. The molecule has 0 aromatic rings. The Balaban J connectivity index is 4.00. The van der Waals surface area contributed by atoms with Gasteiger partial charge in [-0.3, -0.25) is 4.79 Å². The molecule has 14 heavy (non-hydrogen) atoms. The third-order valence-electron chi connectivity index (χ3n) is 2.09. The molecule has 0 fully saturated rings. The van der Waals surface area contributed by atoms with E-state index in [9.17, 15) is 13.2 Å². The van der Waals surface area contributed by atoms with Crippen molar-refractivity contribution in [1.29, 1.82) is 0 Å². The van der Waals surface area contributed by atoms with Gasteiger partial charge >= 0.3 is 0 Å². The topological polar surface area (TPSA) is 63.2 Å². The minimum atomic E-state index is -3.02. The Morgan fingerprint density at radius 3 is 2.36 bits per heavy atom. The fourth-order valence-corrected chi connectivity index (χ4v) is 2.38. The molecule has 0 saturated heterocycles. The van der Waals surface area contributed by atoms with E-state index in [2.05, 4.69) is 5.32 Å². The van der Waals surface area contributed by atoms with E-state index >= 15 is 0 Å². The van der Waals surface area contributed by atoms with Gasteiger partial charge in [0, 0.05) is 12.2 Å². The van der Waals surface area contributed by atoms with E-state index in [1.165, 1.54) is 0 Å². The number of rotatable bonds is 7. The maximum Gasteiger partial charge on any atom is 0.150 e. The monoisotopic (exact) mass is 221 g/mol. The molecule has 0 saturated carbocycles. The summed E-state index contributed by atoms with van der Waals surface area (Å²) in [6, 6.07) is -0.258. The van der Waals surface area contributed by atoms with Crippen LogP contribution >= 0.6 is 0 Å². The Morgan fingerprint density at radius 1 is 1.36 bits per heavy atom. The largest absolute Gasteiger partial charge is 0.311 e. The van der Waals surface area contributed by atoms with Crippen LogP contribution in [-0.2, 0) is 14.6 Å². The quantitative estimate of drug-likeness (QED) is 0.675. The molecule has 0 spiro atoms. The molecule has 0 radical (unpaired) electrons. The van der Waals surface area contributed by atoms with Gasteiger partial charge in [0.2, 0.25) is 0 Å². The summed E-state index contributed by atoms with van der Waals surface area (Å²) in [6.07, 6.45) is 0.725. The van der Waals surface area contributed by atoms with Crippen molar-refractivity contribution in [2.45, 2.75) is 32.7 Å². The number of hydrogen-bond acceptors (Lipinski definition) is 4. The fourth-order valence-electron chi connectivity index (χ4n) is 1.05. The van der Waals surface area contributed by atoms with Crippen LogP contribution in [0.5, 0.6) is 0 Å². The van der Waals surface area contributed by atoms with Crippen LogP contribution in [-0.4, -0.2) is 38.8 Å². The molecule has 5 heteroatoms. The summed E-state index contributed by atoms with van der Waals surface area (Å²) in [7, 11) is -1.33. The molecule has 0 aromatic heterocycles. The lowest BCUT2D eigenvalue weighted by Gasteiger charge is -2.08. The normalized spacial score (nSPS) is 13.9. The number of hydrogen-bond donors (Lipinski definition) is 1. The van der Waals surface area contributed by atoms with Crippen molar-refractivity contribution >= 4 is 15.6 Å². The minimum Gasteiger partial charge on any atom is -0.311 e. The van der Waals surface area contributed by atoms with Crippen LogP contribution in [0.2, 0.25) is 0 Å². The van der Waals surface area contributed by atoms with Crippen LogP contribution < -0.4 is 5.32 Å². The van der Waals surface area contributed by atoms with Gasteiger partial charge in [-0.25, -0.2) is 8.42 Å². The smallest absolute Gasteiger partial charge is 0.150 e. The fraction of sp³-hybridized carbons (Fsp3) is 0.889. The molecule has 1 unspecified atom stereocenters. The van der Waals surface area contributed by atoms with Crippen LogP contribution in [0.4, 0.5) is 0 Å². The van der Waals surface area contributed by atoms with E-state index < -0.39 is 9.84 Å². The van der Waals surface area contributed by atoms with Crippen molar-refractivity contribution < 1.29 is 13.2 Å². The van der Waals surface area contributed by atoms with Crippen molar-refractivity contribution in [3.63, 3.8) is 0 Å². The first-order valence-corrected chi connectivity index (χ1v) is 6.65. The number of ketones is 1. The van der Waals surface area contributed by atoms with Gasteiger partial charge in [0.25, 0.3) is 0 Å². The number of nitrogens with one attached hydrogen (secondary N) is 1. The highest BCUT2D eigenvalue weighted by atomic mass is 32.2. The van der Waals surface area contributed by atoms with Gasteiger partial charge in [0.05, 0.1) is 11.8 Å². The van der Waals surface area contributed by atoms with Gasteiger partial charge in [0.15, 0.2) is 9.84 Å². The predicted molar refractivity (Wildman–Crippen MR) is 57.1 cm³/mol. The van der Waals surface area contributed by atoms with Crippen molar-refractivity contribution in [2.75, 3.05) is 18.6 Å². The van der Waals surface area contributed by atoms with Crippen molar-refractivity contribution in [1.82, 2.24) is 5.32 Å². The second-order valence-corrected chi connectivity index (χ2v) is 5.68. The summed E-state index contributed by atoms with van der Waals surface area (Å²) in [5, 5.41) is 2.79. The Labute approximate surface area is 86.0 Å². The molecule has 84 valence electrons. The SMILES string of the molecule is CCCS(=O)(=O)CCC(=O)C(C)NC. The van der Waals surface area contributed by atoms with Gasteiger partial charge in [-0.1, -0.05) is 6.92 Å². The summed E-state index contributed by atoms with van der Waals surface area (Å²) in [6.45, 7) is 3.55. The number of likely N-dealkylation sites (N-methyl/N-ethyl adjacent to an activating group) is 1. The number of carbonyl (C=O) groups excluding carboxylic acids is 1. The molecular weight excluding hydrogens is 202 g/mol. The first-order chi connectivity index (χ1) is 6.43. The van der Waals surface area contributed by atoms with E-state index in [-0.39, 0.29) is 29.8 Å². The zero-order valence-electron chi connectivity index (χ0n) is 9.04. The van der Waals surface area contributed by atoms with Gasteiger partial charge in [-0.15, -0.1) is 0 Å². The summed E-state index contributed by atoms with van der Waals surface area (Å²) in [4.78, 5) is 11.3. The molecular formula is C9H19NO3S. The van der Waals surface area contributed by atoms with Crippen molar-refractivity contribution in [3.8, 4) is 0 Å². The van der Waals surface area contributed by atoms with Crippen molar-refractivity contribution in [2.24, 2.45) is 0 Å². The van der Waals surface area contributed by atoms with E-state index in [0.29, 0.717) is 6.42 Å². The van der Waals surface area contributed by atoms with Crippen LogP contribution in [0.15, 0.2) is 0 Å². The second-order valence-electron chi connectivity index (χ2n) is 3.38. The zero-order valence-corrected chi connectivity index (χ0v) is 9.86. The van der Waals surface area contributed by atoms with Crippen LogP contribution in [0.25, 0.3) is 0 Å². The van der Waals surface area contributed by atoms with E-state index in [0.717, 1.165) is 0 Å². The minimum absolute atomic E-state index is 0.0221. The van der Waals surface area contributed by atoms with E-state index in [4.69, 9.17) is 0 Å². The highest BCUT2D eigenvalue weighted by Crippen LogP contribution is 1.99. The lowest BCUT2D eigenvalue weighted by atomic mass is 10.2. The average molecular weight is 221 g/mol. The standard InChI is InChI=1S/C9H19NO3S/c1-4-6-14(12,13)7-5-9(11)8(2)10-3/h8,10H,4-7H2,1-3H3. The highest BCUT2D eigenvalue weighted by molar-refractivity contribution is 7.91. The Morgan fingerprint density at radius 2 is 1.93 bits per heavy atom. The summed E-state index contributed by atoms with van der Waals surface area (Å²) in [5.41, 5.74) is 0. The molecule has 1 atom stereocenters. The third-order valence-corrected chi connectivity index (χ3v) is 3.95. The maximum atomic E-state index is 11.3. The Hall–Kier alpha value is -0.420. The number of Topliss-reactive ketones (excluding diaryl/α,β-unsaturated/α-hetero) is 1. The van der Waals surface area contributed by atoms with Crippen molar-refractivity contribution in [3.05, 3.63) is 0 Å². The summed E-state index contributed by atoms with van der Waals surface area (Å²) >= 11 is 0. The predicted octanol–water partition coefficient (Wildman–Crippen LogP) is 0.378. The van der Waals surface area contributed by atoms with E-state index in [1.54, 1.807) is 14.0 Å². The van der Waals surface area contributed by atoms with Gasteiger partial charge in [-0.2, -0.15) is 0 Å². The van der Waals surface area contributed by atoms with Gasteiger partial charge in [-0.05, 0) is 20.4 Å². The first kappa shape index (κ1) is 13.6. The summed E-state index contributed by atoms with van der Waals surface area (Å²) in [5.74, 6) is 0.104. The van der Waals surface area contributed by atoms with Gasteiger partial charge in [0.1, 0.15) is 5.78 Å². The van der Waals surface area contributed by atoms with Crippen LogP contribution in [0.1, 0.15) is 26.7 Å².